The van der Waals surface area contributed by atoms with E-state index in [1.807, 2.05) is 6.07 Å². The molecule has 1 aliphatic carbocycles. The van der Waals surface area contributed by atoms with Crippen LogP contribution >= 0.6 is 0 Å². The van der Waals surface area contributed by atoms with Crippen LogP contribution < -0.4 is 11.1 Å². The van der Waals surface area contributed by atoms with Crippen LogP contribution in [0.5, 0.6) is 0 Å². The SMILES string of the molecule is NC(=O)CNC(=O)C1CC(c2cc(-c3ccc(F)cc3)[nH]c2-c2ccc(F)cc2)C1. The second kappa shape index (κ2) is 8.10. The van der Waals surface area contributed by atoms with Crippen molar-refractivity contribution in [3.05, 3.63) is 71.8 Å². The van der Waals surface area contributed by atoms with Gasteiger partial charge in [0.2, 0.25) is 11.8 Å². The first-order valence-electron chi connectivity index (χ1n) is 9.71. The number of hydrogen-bond acceptors (Lipinski definition) is 2. The van der Waals surface area contributed by atoms with Crippen LogP contribution in [0.15, 0.2) is 54.6 Å². The van der Waals surface area contributed by atoms with E-state index in [1.165, 1.54) is 24.3 Å². The zero-order chi connectivity index (χ0) is 21.3. The Labute approximate surface area is 172 Å². The molecule has 3 aromatic rings. The van der Waals surface area contributed by atoms with E-state index < -0.39 is 5.91 Å². The third kappa shape index (κ3) is 4.10. The first-order valence-corrected chi connectivity index (χ1v) is 9.71. The first kappa shape index (κ1) is 19.8. The number of aromatic nitrogens is 1. The number of aromatic amines is 1. The highest BCUT2D eigenvalue weighted by Crippen LogP contribution is 2.46. The van der Waals surface area contributed by atoms with E-state index in [-0.39, 0.29) is 35.9 Å². The van der Waals surface area contributed by atoms with Crippen LogP contribution in [-0.4, -0.2) is 23.3 Å². The quantitative estimate of drug-likeness (QED) is 0.579. The van der Waals surface area contributed by atoms with Crippen LogP contribution in [0.25, 0.3) is 22.5 Å². The fourth-order valence-corrected chi connectivity index (χ4v) is 3.84. The summed E-state index contributed by atoms with van der Waals surface area (Å²) in [6, 6.07) is 14.4. The number of nitrogens with two attached hydrogens (primary N) is 1. The van der Waals surface area contributed by atoms with Crippen molar-refractivity contribution in [3.8, 4) is 22.5 Å². The standard InChI is InChI=1S/C23H21F2N3O2/c24-17-5-1-13(2-6-17)20-11-19(22(28-20)14-3-7-18(25)8-4-14)15-9-16(10-15)23(30)27-12-21(26)29/h1-8,11,15-16,28H,9-10,12H2,(H2,26,29)(H,27,30). The number of carbonyl (C=O) groups is 2. The predicted octanol–water partition coefficient (Wildman–Crippen LogP) is 3.72. The molecular weight excluding hydrogens is 388 g/mol. The molecule has 0 bridgehead atoms. The van der Waals surface area contributed by atoms with Crippen molar-refractivity contribution in [2.45, 2.75) is 18.8 Å². The Morgan fingerprint density at radius 1 is 0.967 bits per heavy atom. The molecule has 1 fully saturated rings. The molecule has 4 N–H and O–H groups in total. The van der Waals surface area contributed by atoms with Crippen LogP contribution in [0.3, 0.4) is 0 Å². The van der Waals surface area contributed by atoms with Crippen molar-refractivity contribution in [2.24, 2.45) is 11.7 Å². The van der Waals surface area contributed by atoms with Gasteiger partial charge in [-0.15, -0.1) is 0 Å². The molecule has 4 rings (SSSR count). The number of primary amides is 1. The Morgan fingerprint density at radius 2 is 1.53 bits per heavy atom. The normalized spacial score (nSPS) is 17.9. The average Bonchev–Trinajstić information content (AvgIpc) is 3.11. The Morgan fingerprint density at radius 3 is 2.10 bits per heavy atom. The highest BCUT2D eigenvalue weighted by atomic mass is 19.1. The first-order chi connectivity index (χ1) is 14.4. The van der Waals surface area contributed by atoms with E-state index >= 15 is 0 Å². The van der Waals surface area contributed by atoms with E-state index in [0.717, 1.165) is 28.1 Å². The fourth-order valence-electron chi connectivity index (χ4n) is 3.84. The summed E-state index contributed by atoms with van der Waals surface area (Å²) >= 11 is 0. The molecule has 154 valence electrons. The van der Waals surface area contributed by atoms with Crippen LogP contribution in [0.1, 0.15) is 24.3 Å². The van der Waals surface area contributed by atoms with Crippen molar-refractivity contribution in [2.75, 3.05) is 6.54 Å². The minimum Gasteiger partial charge on any atom is -0.368 e. The molecule has 7 heteroatoms. The molecule has 1 aromatic heterocycles. The molecule has 0 unspecified atom stereocenters. The molecule has 5 nitrogen and oxygen atoms in total. The van der Waals surface area contributed by atoms with Gasteiger partial charge in [-0.25, -0.2) is 8.78 Å². The van der Waals surface area contributed by atoms with E-state index in [0.29, 0.717) is 12.8 Å². The Balaban J connectivity index is 1.60. The Kier molecular flexibility index (Phi) is 5.35. The lowest BCUT2D eigenvalue weighted by atomic mass is 9.70. The van der Waals surface area contributed by atoms with Crippen molar-refractivity contribution in [1.29, 1.82) is 0 Å². The molecule has 1 aliphatic rings. The number of benzene rings is 2. The molecule has 30 heavy (non-hydrogen) atoms. The zero-order valence-electron chi connectivity index (χ0n) is 16.1. The number of nitrogens with one attached hydrogen (secondary N) is 2. The summed E-state index contributed by atoms with van der Waals surface area (Å²) in [5.41, 5.74) is 9.45. The lowest BCUT2D eigenvalue weighted by Crippen LogP contribution is -2.41. The Hall–Kier alpha value is -3.48. The van der Waals surface area contributed by atoms with E-state index in [2.05, 4.69) is 10.3 Å². The third-order valence-electron chi connectivity index (χ3n) is 5.52. The summed E-state index contributed by atoms with van der Waals surface area (Å²) in [5, 5.41) is 2.55. The zero-order valence-corrected chi connectivity index (χ0v) is 16.1. The highest BCUT2D eigenvalue weighted by Gasteiger charge is 2.37. The number of carbonyl (C=O) groups excluding carboxylic acids is 2. The molecular formula is C23H21F2N3O2. The summed E-state index contributed by atoms with van der Waals surface area (Å²) in [7, 11) is 0. The average molecular weight is 409 g/mol. The lowest BCUT2D eigenvalue weighted by Gasteiger charge is -2.34. The lowest BCUT2D eigenvalue weighted by molar-refractivity contribution is -0.130. The summed E-state index contributed by atoms with van der Waals surface area (Å²) < 4.78 is 26.7. The van der Waals surface area contributed by atoms with Crippen LogP contribution in [0, 0.1) is 17.6 Å². The molecule has 2 amide bonds. The van der Waals surface area contributed by atoms with Gasteiger partial charge in [-0.1, -0.05) is 0 Å². The van der Waals surface area contributed by atoms with Crippen LogP contribution in [-0.2, 0) is 9.59 Å². The predicted molar refractivity (Wildman–Crippen MR) is 109 cm³/mol. The number of rotatable bonds is 6. The van der Waals surface area contributed by atoms with Gasteiger partial charge in [0.25, 0.3) is 0 Å². The van der Waals surface area contributed by atoms with Gasteiger partial charge in [-0.2, -0.15) is 0 Å². The molecule has 0 aliphatic heterocycles. The molecule has 0 saturated heterocycles. The third-order valence-corrected chi connectivity index (χ3v) is 5.52. The number of hydrogen-bond donors (Lipinski definition) is 3. The van der Waals surface area contributed by atoms with E-state index in [1.54, 1.807) is 24.3 Å². The maximum absolute atomic E-state index is 13.4. The van der Waals surface area contributed by atoms with Gasteiger partial charge < -0.3 is 16.0 Å². The van der Waals surface area contributed by atoms with Crippen molar-refractivity contribution in [3.63, 3.8) is 0 Å². The summed E-state index contributed by atoms with van der Waals surface area (Å²) in [5.74, 6) is -1.43. The van der Waals surface area contributed by atoms with Gasteiger partial charge in [0.05, 0.1) is 6.54 Å². The maximum Gasteiger partial charge on any atom is 0.236 e. The van der Waals surface area contributed by atoms with E-state index in [4.69, 9.17) is 5.73 Å². The largest absolute Gasteiger partial charge is 0.368 e. The number of H-pyrrole nitrogens is 1. The molecule has 0 spiro atoms. The van der Waals surface area contributed by atoms with Gasteiger partial charge >= 0.3 is 0 Å². The van der Waals surface area contributed by atoms with Crippen LogP contribution in [0.2, 0.25) is 0 Å². The van der Waals surface area contributed by atoms with Gasteiger partial charge in [0.1, 0.15) is 11.6 Å². The minimum atomic E-state index is -0.576. The number of halogens is 2. The summed E-state index contributed by atoms with van der Waals surface area (Å²) in [4.78, 5) is 26.4. The molecule has 0 atom stereocenters. The van der Waals surface area contributed by atoms with Gasteiger partial charge in [-0.3, -0.25) is 9.59 Å². The fraction of sp³-hybridized carbons (Fsp3) is 0.217. The van der Waals surface area contributed by atoms with Crippen molar-refractivity contribution >= 4 is 11.8 Å². The van der Waals surface area contributed by atoms with Gasteiger partial charge in [0, 0.05) is 17.3 Å². The molecule has 1 saturated carbocycles. The second-order valence-electron chi connectivity index (χ2n) is 7.58. The van der Waals surface area contributed by atoms with E-state index in [9.17, 15) is 18.4 Å². The topological polar surface area (TPSA) is 88.0 Å². The molecule has 0 radical (unpaired) electrons. The monoisotopic (exact) mass is 409 g/mol. The van der Waals surface area contributed by atoms with Gasteiger partial charge in [0.15, 0.2) is 0 Å². The van der Waals surface area contributed by atoms with Gasteiger partial charge in [-0.05, 0) is 90.0 Å². The maximum atomic E-state index is 13.4. The second-order valence-corrected chi connectivity index (χ2v) is 7.58. The summed E-state index contributed by atoms with van der Waals surface area (Å²) in [6.07, 6.45) is 1.28. The van der Waals surface area contributed by atoms with Crippen molar-refractivity contribution < 1.29 is 18.4 Å². The number of amides is 2. The minimum absolute atomic E-state index is 0.139. The molecule has 1 heterocycles. The smallest absolute Gasteiger partial charge is 0.236 e. The Bertz CT molecular complexity index is 1070. The summed E-state index contributed by atoms with van der Waals surface area (Å²) in [6.45, 7) is -0.167. The van der Waals surface area contributed by atoms with Crippen LogP contribution in [0.4, 0.5) is 8.78 Å². The highest BCUT2D eigenvalue weighted by molar-refractivity contribution is 5.86. The van der Waals surface area contributed by atoms with Crippen molar-refractivity contribution in [1.82, 2.24) is 10.3 Å². The molecule has 2 aromatic carbocycles.